The Bertz CT molecular complexity index is 474. The van der Waals surface area contributed by atoms with Crippen LogP contribution in [0.1, 0.15) is 19.5 Å². The molecule has 0 saturated heterocycles. The molecule has 15 heavy (non-hydrogen) atoms. The molecule has 1 heterocycles. The lowest BCUT2D eigenvalue weighted by Gasteiger charge is -2.14. The van der Waals surface area contributed by atoms with Crippen molar-refractivity contribution in [3.63, 3.8) is 0 Å². The van der Waals surface area contributed by atoms with Gasteiger partial charge in [0.1, 0.15) is 5.69 Å². The highest BCUT2D eigenvalue weighted by molar-refractivity contribution is 6.34. The van der Waals surface area contributed by atoms with Crippen LogP contribution in [0.15, 0.2) is 22.7 Å². The van der Waals surface area contributed by atoms with E-state index in [0.717, 1.165) is 11.1 Å². The molecule has 2 N–H and O–H groups in total. The van der Waals surface area contributed by atoms with E-state index in [4.69, 9.17) is 21.9 Å². The van der Waals surface area contributed by atoms with Crippen LogP contribution in [0.5, 0.6) is 0 Å². The Hall–Kier alpha value is -0.770. The number of aromatic nitrogens is 1. The second kappa shape index (κ2) is 4.00. The van der Waals surface area contributed by atoms with E-state index < -0.39 is 5.54 Å². The maximum atomic E-state index is 5.95. The van der Waals surface area contributed by atoms with Crippen LogP contribution in [0.4, 0.5) is 0 Å². The van der Waals surface area contributed by atoms with Crippen molar-refractivity contribution in [1.29, 1.82) is 0 Å². The second-order valence-corrected chi connectivity index (χ2v) is 4.28. The van der Waals surface area contributed by atoms with Crippen molar-refractivity contribution in [2.75, 3.05) is 0 Å². The Balaban J connectivity index is 0.00000112. The van der Waals surface area contributed by atoms with E-state index in [-0.39, 0.29) is 12.4 Å². The third-order valence-corrected chi connectivity index (χ3v) is 2.36. The predicted molar refractivity (Wildman–Crippen MR) is 63.5 cm³/mol. The topological polar surface area (TPSA) is 52.0 Å². The summed E-state index contributed by atoms with van der Waals surface area (Å²) in [5, 5.41) is 5.38. The maximum absolute atomic E-state index is 5.95. The zero-order valence-electron chi connectivity index (χ0n) is 8.45. The quantitative estimate of drug-likeness (QED) is 0.842. The van der Waals surface area contributed by atoms with Gasteiger partial charge in [0.15, 0.2) is 5.58 Å². The standard InChI is InChI=1S/C10H11ClN2O.ClH/c1-10(2,12)9-6-4-3-5-7(11)8(6)14-13-9;/h3-5H,12H2,1-2H3;1H. The normalized spacial score (nSPS) is 11.5. The lowest BCUT2D eigenvalue weighted by Crippen LogP contribution is -2.29. The van der Waals surface area contributed by atoms with Crippen LogP contribution in [0.2, 0.25) is 5.02 Å². The highest BCUT2D eigenvalue weighted by Crippen LogP contribution is 2.30. The number of rotatable bonds is 1. The number of nitrogens with two attached hydrogens (primary N) is 1. The Labute approximate surface area is 99.0 Å². The Morgan fingerprint density at radius 2 is 2.07 bits per heavy atom. The van der Waals surface area contributed by atoms with Crippen molar-refractivity contribution in [3.05, 3.63) is 28.9 Å². The van der Waals surface area contributed by atoms with E-state index in [1.807, 2.05) is 26.0 Å². The summed E-state index contributed by atoms with van der Waals surface area (Å²) in [6, 6.07) is 5.53. The van der Waals surface area contributed by atoms with E-state index in [0.29, 0.717) is 10.6 Å². The van der Waals surface area contributed by atoms with Gasteiger partial charge in [-0.25, -0.2) is 0 Å². The molecule has 0 unspecified atom stereocenters. The lowest BCUT2D eigenvalue weighted by molar-refractivity contribution is 0.413. The molecule has 0 amide bonds. The number of fused-ring (bicyclic) bond motifs is 1. The molecule has 2 rings (SSSR count). The summed E-state index contributed by atoms with van der Waals surface area (Å²) in [5.41, 5.74) is 6.77. The fourth-order valence-electron chi connectivity index (χ4n) is 1.39. The first kappa shape index (κ1) is 12.3. The first-order valence-corrected chi connectivity index (χ1v) is 4.71. The van der Waals surface area contributed by atoms with Gasteiger partial charge in [-0.1, -0.05) is 22.8 Å². The van der Waals surface area contributed by atoms with E-state index in [2.05, 4.69) is 5.16 Å². The molecule has 0 fully saturated rings. The molecule has 0 bridgehead atoms. The van der Waals surface area contributed by atoms with E-state index >= 15 is 0 Å². The molecular formula is C10H12Cl2N2O. The van der Waals surface area contributed by atoms with Crippen LogP contribution in [0.25, 0.3) is 11.0 Å². The SMILES string of the molecule is CC(C)(N)c1noc2c(Cl)cccc12.Cl. The van der Waals surface area contributed by atoms with Gasteiger partial charge in [-0.15, -0.1) is 12.4 Å². The second-order valence-electron chi connectivity index (χ2n) is 3.87. The van der Waals surface area contributed by atoms with E-state index in [1.54, 1.807) is 6.07 Å². The Morgan fingerprint density at radius 1 is 1.40 bits per heavy atom. The minimum absolute atomic E-state index is 0. The van der Waals surface area contributed by atoms with Gasteiger partial charge in [-0.2, -0.15) is 0 Å². The molecule has 1 aromatic heterocycles. The predicted octanol–water partition coefficient (Wildman–Crippen LogP) is 3.10. The van der Waals surface area contributed by atoms with Gasteiger partial charge in [0.2, 0.25) is 0 Å². The van der Waals surface area contributed by atoms with Crippen molar-refractivity contribution in [2.45, 2.75) is 19.4 Å². The molecule has 0 saturated carbocycles. The van der Waals surface area contributed by atoms with Crippen LogP contribution >= 0.6 is 24.0 Å². The number of para-hydroxylation sites is 1. The third kappa shape index (κ3) is 2.09. The van der Waals surface area contributed by atoms with Gasteiger partial charge in [-0.3, -0.25) is 0 Å². The lowest BCUT2D eigenvalue weighted by atomic mass is 9.99. The first-order chi connectivity index (χ1) is 6.50. The Morgan fingerprint density at radius 3 is 2.67 bits per heavy atom. The fraction of sp³-hybridized carbons (Fsp3) is 0.300. The molecule has 1 aromatic carbocycles. The minimum atomic E-state index is -0.518. The smallest absolute Gasteiger partial charge is 0.185 e. The number of halogens is 2. The largest absolute Gasteiger partial charge is 0.354 e. The van der Waals surface area contributed by atoms with Crippen molar-refractivity contribution < 1.29 is 4.52 Å². The van der Waals surface area contributed by atoms with Gasteiger partial charge in [0.05, 0.1) is 10.6 Å². The zero-order valence-corrected chi connectivity index (χ0v) is 10.0. The monoisotopic (exact) mass is 246 g/mol. The molecule has 0 aliphatic carbocycles. The van der Waals surface area contributed by atoms with Crippen LogP contribution in [0, 0.1) is 0 Å². The fourth-order valence-corrected chi connectivity index (χ4v) is 1.60. The van der Waals surface area contributed by atoms with E-state index in [1.165, 1.54) is 0 Å². The highest BCUT2D eigenvalue weighted by atomic mass is 35.5. The highest BCUT2D eigenvalue weighted by Gasteiger charge is 2.22. The maximum Gasteiger partial charge on any atom is 0.185 e. The Kier molecular flexibility index (Phi) is 3.28. The third-order valence-electron chi connectivity index (χ3n) is 2.06. The summed E-state index contributed by atoms with van der Waals surface area (Å²) < 4.78 is 5.14. The van der Waals surface area contributed by atoms with Gasteiger partial charge in [0, 0.05) is 5.39 Å². The summed E-state index contributed by atoms with van der Waals surface area (Å²) in [4.78, 5) is 0. The molecule has 0 aliphatic heterocycles. The summed E-state index contributed by atoms with van der Waals surface area (Å²) in [5.74, 6) is 0. The molecule has 0 radical (unpaired) electrons. The number of hydrogen-bond acceptors (Lipinski definition) is 3. The van der Waals surface area contributed by atoms with Gasteiger partial charge in [0.25, 0.3) is 0 Å². The van der Waals surface area contributed by atoms with Crippen LogP contribution < -0.4 is 5.73 Å². The molecule has 5 heteroatoms. The summed E-state index contributed by atoms with van der Waals surface area (Å²) in [6.07, 6.45) is 0. The van der Waals surface area contributed by atoms with Crippen LogP contribution in [-0.2, 0) is 5.54 Å². The molecule has 82 valence electrons. The zero-order chi connectivity index (χ0) is 10.3. The summed E-state index contributed by atoms with van der Waals surface area (Å²) in [6.45, 7) is 3.76. The minimum Gasteiger partial charge on any atom is -0.354 e. The van der Waals surface area contributed by atoms with Gasteiger partial charge >= 0.3 is 0 Å². The molecule has 0 spiro atoms. The number of nitrogens with zero attached hydrogens (tertiary/aromatic N) is 1. The number of hydrogen-bond donors (Lipinski definition) is 1. The number of benzene rings is 1. The van der Waals surface area contributed by atoms with Crippen molar-refractivity contribution in [2.24, 2.45) is 5.73 Å². The molecular weight excluding hydrogens is 235 g/mol. The van der Waals surface area contributed by atoms with E-state index in [9.17, 15) is 0 Å². The van der Waals surface area contributed by atoms with Crippen molar-refractivity contribution >= 4 is 35.0 Å². The average molecular weight is 247 g/mol. The molecule has 0 atom stereocenters. The summed E-state index contributed by atoms with van der Waals surface area (Å²) >= 11 is 5.95. The molecule has 0 aliphatic rings. The first-order valence-electron chi connectivity index (χ1n) is 4.33. The van der Waals surface area contributed by atoms with Gasteiger partial charge in [-0.05, 0) is 26.0 Å². The van der Waals surface area contributed by atoms with Crippen LogP contribution in [0.3, 0.4) is 0 Å². The summed E-state index contributed by atoms with van der Waals surface area (Å²) in [7, 11) is 0. The van der Waals surface area contributed by atoms with Crippen molar-refractivity contribution in [1.82, 2.24) is 5.16 Å². The molecule has 3 nitrogen and oxygen atoms in total. The average Bonchev–Trinajstić information content (AvgIpc) is 2.47. The molecule has 2 aromatic rings. The van der Waals surface area contributed by atoms with Gasteiger partial charge < -0.3 is 10.3 Å². The van der Waals surface area contributed by atoms with Crippen molar-refractivity contribution in [3.8, 4) is 0 Å². The van der Waals surface area contributed by atoms with Crippen LogP contribution in [-0.4, -0.2) is 5.16 Å².